The predicted octanol–water partition coefficient (Wildman–Crippen LogP) is 2.27. The molecule has 5 nitrogen and oxygen atoms in total. The third-order valence-corrected chi connectivity index (χ3v) is 2.43. The summed E-state index contributed by atoms with van der Waals surface area (Å²) in [5.41, 5.74) is 1.04. The van der Waals surface area contributed by atoms with Crippen LogP contribution in [0, 0.1) is 0 Å². The van der Waals surface area contributed by atoms with Crippen molar-refractivity contribution in [2.24, 2.45) is 0 Å². The average molecular weight is 247 g/mol. The van der Waals surface area contributed by atoms with Crippen LogP contribution in [0.2, 0.25) is 0 Å². The van der Waals surface area contributed by atoms with Gasteiger partial charge in [-0.15, -0.1) is 0 Å². The van der Waals surface area contributed by atoms with Gasteiger partial charge >= 0.3 is 11.9 Å². The molecule has 2 aromatic rings. The van der Waals surface area contributed by atoms with E-state index in [-0.39, 0.29) is 0 Å². The van der Waals surface area contributed by atoms with Crippen molar-refractivity contribution in [2.45, 2.75) is 13.8 Å². The summed E-state index contributed by atoms with van der Waals surface area (Å²) in [6.07, 6.45) is 1.55. The first-order chi connectivity index (χ1) is 8.63. The summed E-state index contributed by atoms with van der Waals surface area (Å²) in [7, 11) is 0. The Morgan fingerprint density at radius 1 is 1.33 bits per heavy atom. The van der Waals surface area contributed by atoms with Gasteiger partial charge in [0.25, 0.3) is 0 Å². The Hall–Kier alpha value is -2.30. The van der Waals surface area contributed by atoms with Crippen LogP contribution in [0.25, 0.3) is 10.9 Å². The maximum atomic E-state index is 11.7. The second-order valence-electron chi connectivity index (χ2n) is 3.70. The Labute approximate surface area is 104 Å². The van der Waals surface area contributed by atoms with Gasteiger partial charge in [-0.2, -0.15) is 0 Å². The highest BCUT2D eigenvalue weighted by atomic mass is 16.5. The van der Waals surface area contributed by atoms with Gasteiger partial charge < -0.3 is 14.5 Å². The first kappa shape index (κ1) is 12.2. The number of rotatable bonds is 3. The zero-order valence-electron chi connectivity index (χ0n) is 10.1. The summed E-state index contributed by atoms with van der Waals surface area (Å²) in [5.74, 6) is -0.408. The summed E-state index contributed by atoms with van der Waals surface area (Å²) in [4.78, 5) is 25.6. The minimum atomic E-state index is -0.408. The fourth-order valence-electron chi connectivity index (χ4n) is 1.74. The second kappa shape index (κ2) is 4.91. The number of ether oxygens (including phenoxy) is 2. The molecule has 0 aliphatic carbocycles. The zero-order valence-corrected chi connectivity index (χ0v) is 10.1. The first-order valence-electron chi connectivity index (χ1n) is 5.59. The van der Waals surface area contributed by atoms with Gasteiger partial charge in [0.15, 0.2) is 5.75 Å². The van der Waals surface area contributed by atoms with Gasteiger partial charge in [0.2, 0.25) is 0 Å². The minimum absolute atomic E-state index is 0.315. The van der Waals surface area contributed by atoms with Crippen molar-refractivity contribution in [3.05, 3.63) is 30.0 Å². The van der Waals surface area contributed by atoms with Crippen molar-refractivity contribution in [3.8, 4) is 5.75 Å². The van der Waals surface area contributed by atoms with Crippen LogP contribution in [0.3, 0.4) is 0 Å². The molecule has 0 aliphatic heterocycles. The standard InChI is InChI=1S/C13H13NO4/c1-3-17-13(16)10-7-14-12-9(10)5-4-6-11(12)18-8(2)15/h4-7,14H,3H2,1-2H3. The molecule has 94 valence electrons. The van der Waals surface area contributed by atoms with Gasteiger partial charge in [-0.3, -0.25) is 4.79 Å². The molecule has 0 bridgehead atoms. The first-order valence-corrected chi connectivity index (χ1v) is 5.59. The Morgan fingerprint density at radius 2 is 2.11 bits per heavy atom. The molecular formula is C13H13NO4. The minimum Gasteiger partial charge on any atom is -0.462 e. The van der Waals surface area contributed by atoms with Crippen LogP contribution in [-0.2, 0) is 9.53 Å². The maximum absolute atomic E-state index is 11.7. The van der Waals surface area contributed by atoms with E-state index in [4.69, 9.17) is 9.47 Å². The topological polar surface area (TPSA) is 68.4 Å². The molecular weight excluding hydrogens is 234 g/mol. The van der Waals surface area contributed by atoms with Gasteiger partial charge in [0.05, 0.1) is 17.7 Å². The van der Waals surface area contributed by atoms with Crippen LogP contribution in [0.5, 0.6) is 5.75 Å². The van der Waals surface area contributed by atoms with E-state index in [0.29, 0.717) is 28.8 Å². The third kappa shape index (κ3) is 2.20. The largest absolute Gasteiger partial charge is 0.462 e. The number of hydrogen-bond donors (Lipinski definition) is 1. The highest BCUT2D eigenvalue weighted by Crippen LogP contribution is 2.27. The Balaban J connectivity index is 2.48. The molecule has 18 heavy (non-hydrogen) atoms. The second-order valence-corrected chi connectivity index (χ2v) is 3.70. The number of nitrogens with one attached hydrogen (secondary N) is 1. The molecule has 0 aliphatic rings. The van der Waals surface area contributed by atoms with Crippen LogP contribution in [-0.4, -0.2) is 23.5 Å². The molecule has 0 saturated heterocycles. The molecule has 1 heterocycles. The Morgan fingerprint density at radius 3 is 2.78 bits per heavy atom. The SMILES string of the molecule is CCOC(=O)c1c[nH]c2c(OC(C)=O)cccc12. The predicted molar refractivity (Wildman–Crippen MR) is 65.6 cm³/mol. The third-order valence-electron chi connectivity index (χ3n) is 2.43. The molecule has 0 spiro atoms. The number of benzene rings is 1. The molecule has 0 saturated carbocycles. The van der Waals surface area contributed by atoms with Crippen LogP contribution >= 0.6 is 0 Å². The van der Waals surface area contributed by atoms with Crippen molar-refractivity contribution >= 4 is 22.8 Å². The molecule has 5 heteroatoms. The molecule has 1 aromatic carbocycles. The molecule has 0 unspecified atom stereocenters. The zero-order chi connectivity index (χ0) is 13.1. The van der Waals surface area contributed by atoms with Gasteiger partial charge in [-0.1, -0.05) is 12.1 Å². The summed E-state index contributed by atoms with van der Waals surface area (Å²) < 4.78 is 10.0. The summed E-state index contributed by atoms with van der Waals surface area (Å²) in [6, 6.07) is 5.15. The van der Waals surface area contributed by atoms with E-state index in [9.17, 15) is 9.59 Å². The van der Waals surface area contributed by atoms with Crippen molar-refractivity contribution in [1.29, 1.82) is 0 Å². The van der Waals surface area contributed by atoms with Crippen molar-refractivity contribution in [2.75, 3.05) is 6.61 Å². The molecule has 2 rings (SSSR count). The summed E-state index contributed by atoms with van der Waals surface area (Å²) in [5, 5.41) is 0.673. The monoisotopic (exact) mass is 247 g/mol. The number of esters is 2. The molecule has 1 aromatic heterocycles. The lowest BCUT2D eigenvalue weighted by Gasteiger charge is -2.03. The van der Waals surface area contributed by atoms with Gasteiger partial charge in [-0.05, 0) is 13.0 Å². The number of carbonyl (C=O) groups is 2. The fraction of sp³-hybridized carbons (Fsp3) is 0.231. The van der Waals surface area contributed by atoms with E-state index >= 15 is 0 Å². The van der Waals surface area contributed by atoms with Crippen LogP contribution < -0.4 is 4.74 Å². The van der Waals surface area contributed by atoms with Crippen LogP contribution in [0.15, 0.2) is 24.4 Å². The van der Waals surface area contributed by atoms with Crippen molar-refractivity contribution in [3.63, 3.8) is 0 Å². The molecule has 0 fully saturated rings. The normalized spacial score (nSPS) is 10.3. The van der Waals surface area contributed by atoms with E-state index in [1.807, 2.05) is 0 Å². The van der Waals surface area contributed by atoms with E-state index in [0.717, 1.165) is 0 Å². The Bertz CT molecular complexity index is 600. The van der Waals surface area contributed by atoms with E-state index in [1.54, 1.807) is 31.3 Å². The van der Waals surface area contributed by atoms with Crippen LogP contribution in [0.1, 0.15) is 24.2 Å². The number of hydrogen-bond acceptors (Lipinski definition) is 4. The van der Waals surface area contributed by atoms with Crippen molar-refractivity contribution in [1.82, 2.24) is 4.98 Å². The lowest BCUT2D eigenvalue weighted by Crippen LogP contribution is -2.04. The number of fused-ring (bicyclic) bond motifs is 1. The molecule has 0 atom stereocenters. The van der Waals surface area contributed by atoms with Crippen molar-refractivity contribution < 1.29 is 19.1 Å². The van der Waals surface area contributed by atoms with E-state index < -0.39 is 11.9 Å². The van der Waals surface area contributed by atoms with E-state index in [1.165, 1.54) is 6.92 Å². The highest BCUT2D eigenvalue weighted by molar-refractivity contribution is 6.05. The lowest BCUT2D eigenvalue weighted by atomic mass is 10.1. The molecule has 0 amide bonds. The lowest BCUT2D eigenvalue weighted by molar-refractivity contribution is -0.131. The van der Waals surface area contributed by atoms with Gasteiger partial charge in [-0.25, -0.2) is 4.79 Å². The van der Waals surface area contributed by atoms with E-state index in [2.05, 4.69) is 4.98 Å². The molecule has 1 N–H and O–H groups in total. The number of carbonyl (C=O) groups excluding carboxylic acids is 2. The van der Waals surface area contributed by atoms with Gasteiger partial charge in [0, 0.05) is 18.5 Å². The van der Waals surface area contributed by atoms with Crippen LogP contribution in [0.4, 0.5) is 0 Å². The summed E-state index contributed by atoms with van der Waals surface area (Å²) >= 11 is 0. The smallest absolute Gasteiger partial charge is 0.340 e. The number of aromatic amines is 1. The number of H-pyrrole nitrogens is 1. The van der Waals surface area contributed by atoms with Gasteiger partial charge in [0.1, 0.15) is 0 Å². The maximum Gasteiger partial charge on any atom is 0.340 e. The molecule has 0 radical (unpaired) electrons. The quantitative estimate of drug-likeness (QED) is 0.667. The fourth-order valence-corrected chi connectivity index (χ4v) is 1.74. The number of para-hydroxylation sites is 1. The summed E-state index contributed by atoms with van der Waals surface area (Å²) in [6.45, 7) is 3.39. The average Bonchev–Trinajstić information content (AvgIpc) is 2.73. The number of aromatic nitrogens is 1. The Kier molecular flexibility index (Phi) is 3.32. The highest BCUT2D eigenvalue weighted by Gasteiger charge is 2.15.